The first kappa shape index (κ1) is 11.2. The van der Waals surface area contributed by atoms with Crippen LogP contribution in [0.2, 0.25) is 0 Å². The van der Waals surface area contributed by atoms with Gasteiger partial charge in [-0.1, -0.05) is 12.1 Å². The van der Waals surface area contributed by atoms with E-state index >= 15 is 0 Å². The second-order valence-electron chi connectivity index (χ2n) is 4.41. The van der Waals surface area contributed by atoms with Gasteiger partial charge in [-0.15, -0.1) is 0 Å². The number of rotatable bonds is 4. The maximum atomic E-state index is 13.6. The lowest BCUT2D eigenvalue weighted by atomic mass is 10.1. The lowest BCUT2D eigenvalue weighted by Crippen LogP contribution is -2.45. The van der Waals surface area contributed by atoms with E-state index in [0.29, 0.717) is 24.0 Å². The number of halogens is 1. The van der Waals surface area contributed by atoms with E-state index < -0.39 is 0 Å². The van der Waals surface area contributed by atoms with Crippen LogP contribution in [0.3, 0.4) is 0 Å². The fourth-order valence-corrected chi connectivity index (χ4v) is 1.83. The molecular formula is C13H14FN3O. The van der Waals surface area contributed by atoms with Crippen molar-refractivity contribution in [2.75, 3.05) is 19.7 Å². The van der Waals surface area contributed by atoms with Crippen LogP contribution in [0.4, 0.5) is 4.39 Å². The Morgan fingerprint density at radius 2 is 2.22 bits per heavy atom. The van der Waals surface area contributed by atoms with Crippen LogP contribution in [0.5, 0.6) is 5.75 Å². The van der Waals surface area contributed by atoms with Gasteiger partial charge in [-0.25, -0.2) is 9.07 Å². The number of benzene rings is 1. The normalized spacial score (nSPS) is 15.4. The zero-order valence-electron chi connectivity index (χ0n) is 9.84. The van der Waals surface area contributed by atoms with E-state index in [0.717, 1.165) is 13.1 Å². The molecule has 3 rings (SSSR count). The van der Waals surface area contributed by atoms with Crippen molar-refractivity contribution < 1.29 is 9.13 Å². The number of nitrogens with zero attached hydrogens (tertiary/aromatic N) is 2. The van der Waals surface area contributed by atoms with E-state index in [4.69, 9.17) is 4.74 Å². The van der Waals surface area contributed by atoms with E-state index in [9.17, 15) is 4.39 Å². The summed E-state index contributed by atoms with van der Waals surface area (Å²) >= 11 is 0. The number of hydrogen-bond donors (Lipinski definition) is 1. The zero-order chi connectivity index (χ0) is 12.4. The molecule has 0 atom stereocenters. The molecule has 1 aliphatic rings. The molecule has 1 aromatic heterocycles. The molecule has 0 unspecified atom stereocenters. The molecule has 0 amide bonds. The van der Waals surface area contributed by atoms with E-state index in [1.165, 1.54) is 10.7 Å². The molecule has 1 fully saturated rings. The van der Waals surface area contributed by atoms with Crippen LogP contribution in [0.15, 0.2) is 36.7 Å². The monoisotopic (exact) mass is 247 g/mol. The molecule has 1 saturated heterocycles. The maximum absolute atomic E-state index is 13.6. The SMILES string of the molecule is Fc1ccccc1-n1cc(OCC2CNC2)cn1. The standard InChI is InChI=1S/C13H14FN3O/c14-12-3-1-2-4-13(12)17-8-11(7-16-17)18-9-10-5-15-6-10/h1-4,7-8,10,15H,5-6,9H2. The molecule has 2 aromatic rings. The summed E-state index contributed by atoms with van der Waals surface area (Å²) in [5.74, 6) is 0.947. The van der Waals surface area contributed by atoms with Crippen LogP contribution in [0.1, 0.15) is 0 Å². The summed E-state index contributed by atoms with van der Waals surface area (Å²) in [7, 11) is 0. The van der Waals surface area contributed by atoms with Crippen molar-refractivity contribution in [3.63, 3.8) is 0 Å². The number of aromatic nitrogens is 2. The largest absolute Gasteiger partial charge is 0.490 e. The molecule has 0 spiro atoms. The summed E-state index contributed by atoms with van der Waals surface area (Å²) < 4.78 is 20.6. The summed E-state index contributed by atoms with van der Waals surface area (Å²) in [5.41, 5.74) is 0.428. The quantitative estimate of drug-likeness (QED) is 0.892. The Hall–Kier alpha value is -1.88. The first-order valence-electron chi connectivity index (χ1n) is 5.96. The van der Waals surface area contributed by atoms with Crippen molar-refractivity contribution in [1.29, 1.82) is 0 Å². The predicted octanol–water partition coefficient (Wildman–Crippen LogP) is 1.61. The van der Waals surface area contributed by atoms with Crippen molar-refractivity contribution in [2.45, 2.75) is 0 Å². The van der Waals surface area contributed by atoms with Crippen molar-refractivity contribution in [3.8, 4) is 11.4 Å². The molecule has 5 heteroatoms. The van der Waals surface area contributed by atoms with Gasteiger partial charge in [0.1, 0.15) is 11.5 Å². The fraction of sp³-hybridized carbons (Fsp3) is 0.308. The van der Waals surface area contributed by atoms with E-state index in [-0.39, 0.29) is 5.82 Å². The molecule has 2 heterocycles. The second kappa shape index (κ2) is 4.78. The van der Waals surface area contributed by atoms with Gasteiger partial charge in [0.15, 0.2) is 5.75 Å². The van der Waals surface area contributed by atoms with E-state index in [1.54, 1.807) is 30.6 Å². The third-order valence-electron chi connectivity index (χ3n) is 3.01. The van der Waals surface area contributed by atoms with Crippen molar-refractivity contribution in [3.05, 3.63) is 42.5 Å². The minimum Gasteiger partial charge on any atom is -0.490 e. The van der Waals surface area contributed by atoms with E-state index in [2.05, 4.69) is 10.4 Å². The third-order valence-corrected chi connectivity index (χ3v) is 3.01. The molecular weight excluding hydrogens is 233 g/mol. The van der Waals surface area contributed by atoms with Crippen LogP contribution in [-0.2, 0) is 0 Å². The number of para-hydroxylation sites is 1. The van der Waals surface area contributed by atoms with Gasteiger partial charge in [-0.2, -0.15) is 5.10 Å². The Morgan fingerprint density at radius 1 is 1.39 bits per heavy atom. The topological polar surface area (TPSA) is 39.1 Å². The summed E-state index contributed by atoms with van der Waals surface area (Å²) in [5, 5.41) is 7.29. The minimum absolute atomic E-state index is 0.296. The molecule has 1 aromatic carbocycles. The lowest BCUT2D eigenvalue weighted by Gasteiger charge is -2.26. The molecule has 18 heavy (non-hydrogen) atoms. The molecule has 4 nitrogen and oxygen atoms in total. The molecule has 0 bridgehead atoms. The summed E-state index contributed by atoms with van der Waals surface area (Å²) in [6, 6.07) is 6.53. The van der Waals surface area contributed by atoms with E-state index in [1.807, 2.05) is 0 Å². The Bertz CT molecular complexity index is 537. The van der Waals surface area contributed by atoms with Gasteiger partial charge >= 0.3 is 0 Å². The summed E-state index contributed by atoms with van der Waals surface area (Å²) in [6.45, 7) is 2.68. The number of hydrogen-bond acceptors (Lipinski definition) is 3. The average molecular weight is 247 g/mol. The molecule has 1 N–H and O–H groups in total. The van der Waals surface area contributed by atoms with Gasteiger partial charge in [-0.3, -0.25) is 0 Å². The van der Waals surface area contributed by atoms with Crippen molar-refractivity contribution in [2.24, 2.45) is 5.92 Å². The molecule has 0 saturated carbocycles. The minimum atomic E-state index is -0.296. The van der Waals surface area contributed by atoms with Crippen LogP contribution < -0.4 is 10.1 Å². The highest BCUT2D eigenvalue weighted by molar-refractivity contribution is 5.33. The van der Waals surface area contributed by atoms with Crippen LogP contribution in [0.25, 0.3) is 5.69 Å². The van der Waals surface area contributed by atoms with Crippen LogP contribution >= 0.6 is 0 Å². The zero-order valence-corrected chi connectivity index (χ0v) is 9.84. The van der Waals surface area contributed by atoms with Gasteiger partial charge in [-0.05, 0) is 12.1 Å². The van der Waals surface area contributed by atoms with Crippen LogP contribution in [-0.4, -0.2) is 29.5 Å². The third kappa shape index (κ3) is 2.22. The highest BCUT2D eigenvalue weighted by Crippen LogP contribution is 2.17. The van der Waals surface area contributed by atoms with Gasteiger partial charge in [0, 0.05) is 19.0 Å². The predicted molar refractivity (Wildman–Crippen MR) is 65.4 cm³/mol. The van der Waals surface area contributed by atoms with Crippen molar-refractivity contribution in [1.82, 2.24) is 15.1 Å². The molecule has 94 valence electrons. The maximum Gasteiger partial charge on any atom is 0.157 e. The van der Waals surface area contributed by atoms with Gasteiger partial charge in [0.2, 0.25) is 0 Å². The van der Waals surface area contributed by atoms with Crippen LogP contribution in [0, 0.1) is 11.7 Å². The van der Waals surface area contributed by atoms with Gasteiger partial charge in [0.25, 0.3) is 0 Å². The highest BCUT2D eigenvalue weighted by atomic mass is 19.1. The van der Waals surface area contributed by atoms with Gasteiger partial charge in [0.05, 0.1) is 19.0 Å². The van der Waals surface area contributed by atoms with Gasteiger partial charge < -0.3 is 10.1 Å². The first-order valence-corrected chi connectivity index (χ1v) is 5.96. The Balaban J connectivity index is 1.70. The number of nitrogens with one attached hydrogen (secondary N) is 1. The summed E-state index contributed by atoms with van der Waals surface area (Å²) in [4.78, 5) is 0. The average Bonchev–Trinajstić information content (AvgIpc) is 2.76. The first-order chi connectivity index (χ1) is 8.83. The second-order valence-corrected chi connectivity index (χ2v) is 4.41. The van der Waals surface area contributed by atoms with Crippen molar-refractivity contribution >= 4 is 0 Å². The highest BCUT2D eigenvalue weighted by Gasteiger charge is 2.17. The Labute approximate surface area is 104 Å². The molecule has 0 radical (unpaired) electrons. The fourth-order valence-electron chi connectivity index (χ4n) is 1.83. The Kier molecular flexibility index (Phi) is 2.98. The molecule has 0 aliphatic carbocycles. The Morgan fingerprint density at radius 3 is 2.94 bits per heavy atom. The lowest BCUT2D eigenvalue weighted by molar-refractivity contribution is 0.199. The number of ether oxygens (including phenoxy) is 1. The molecule has 1 aliphatic heterocycles. The summed E-state index contributed by atoms with van der Waals surface area (Å²) in [6.07, 6.45) is 3.31. The smallest absolute Gasteiger partial charge is 0.157 e.